The summed E-state index contributed by atoms with van der Waals surface area (Å²) in [5, 5.41) is 7.29. The maximum atomic E-state index is 5.26. The minimum Gasteiger partial charge on any atom is -0.338 e. The van der Waals surface area contributed by atoms with Gasteiger partial charge >= 0.3 is 0 Å². The van der Waals surface area contributed by atoms with Crippen LogP contribution < -0.4 is 5.32 Å². The van der Waals surface area contributed by atoms with Crippen molar-refractivity contribution in [1.29, 1.82) is 0 Å². The highest BCUT2D eigenvalue weighted by atomic mass is 16.5. The fourth-order valence-electron chi connectivity index (χ4n) is 2.62. The highest BCUT2D eigenvalue weighted by Gasteiger charge is 2.24. The third kappa shape index (κ3) is 3.42. The lowest BCUT2D eigenvalue weighted by Crippen LogP contribution is -2.14. The maximum Gasteiger partial charge on any atom is 0.240 e. The van der Waals surface area contributed by atoms with Crippen molar-refractivity contribution in [2.24, 2.45) is 5.92 Å². The molecule has 0 unspecified atom stereocenters. The van der Waals surface area contributed by atoms with E-state index >= 15 is 0 Å². The standard InChI is InChI=1S/C14H23N3O/c1-3-9-15-10-13-16-14(17-18-13)12-7-5-11(4-2)6-8-12/h3,11-12,15H,1,4-10H2,2H3. The molecule has 100 valence electrons. The smallest absolute Gasteiger partial charge is 0.240 e. The zero-order valence-electron chi connectivity index (χ0n) is 11.2. The Morgan fingerprint density at radius 2 is 2.17 bits per heavy atom. The molecule has 0 spiro atoms. The molecule has 0 radical (unpaired) electrons. The topological polar surface area (TPSA) is 51.0 Å². The van der Waals surface area contributed by atoms with Gasteiger partial charge in [0.15, 0.2) is 5.82 Å². The number of nitrogens with one attached hydrogen (secondary N) is 1. The van der Waals surface area contributed by atoms with Crippen LogP contribution in [0.5, 0.6) is 0 Å². The Bertz CT molecular complexity index is 367. The van der Waals surface area contributed by atoms with Crippen molar-refractivity contribution in [3.05, 3.63) is 24.4 Å². The van der Waals surface area contributed by atoms with Gasteiger partial charge in [-0.1, -0.05) is 24.6 Å². The molecule has 0 amide bonds. The third-order valence-corrected chi connectivity index (χ3v) is 3.84. The molecule has 0 atom stereocenters. The van der Waals surface area contributed by atoms with Crippen LogP contribution in [0.4, 0.5) is 0 Å². The summed E-state index contributed by atoms with van der Waals surface area (Å²) in [6.07, 6.45) is 8.15. The van der Waals surface area contributed by atoms with Crippen LogP contribution in [0.2, 0.25) is 0 Å². The van der Waals surface area contributed by atoms with Crippen molar-refractivity contribution in [2.45, 2.75) is 51.5 Å². The summed E-state index contributed by atoms with van der Waals surface area (Å²) in [4.78, 5) is 4.48. The van der Waals surface area contributed by atoms with Gasteiger partial charge in [-0.3, -0.25) is 0 Å². The molecule has 1 N–H and O–H groups in total. The van der Waals surface area contributed by atoms with Crippen LogP contribution in [0, 0.1) is 5.92 Å². The van der Waals surface area contributed by atoms with Crippen LogP contribution >= 0.6 is 0 Å². The van der Waals surface area contributed by atoms with Crippen molar-refractivity contribution in [1.82, 2.24) is 15.5 Å². The molecule has 1 fully saturated rings. The second-order valence-corrected chi connectivity index (χ2v) is 5.09. The number of hydrogen-bond donors (Lipinski definition) is 1. The van der Waals surface area contributed by atoms with Crippen LogP contribution in [-0.4, -0.2) is 16.7 Å². The lowest BCUT2D eigenvalue weighted by atomic mass is 9.80. The predicted octanol–water partition coefficient (Wildman–Crippen LogP) is 3.03. The monoisotopic (exact) mass is 249 g/mol. The Balaban J connectivity index is 1.84. The fraction of sp³-hybridized carbons (Fsp3) is 0.714. The van der Waals surface area contributed by atoms with Crippen molar-refractivity contribution in [2.75, 3.05) is 6.54 Å². The van der Waals surface area contributed by atoms with E-state index in [0.717, 1.165) is 18.3 Å². The Morgan fingerprint density at radius 1 is 1.39 bits per heavy atom. The molecule has 0 bridgehead atoms. The molecular formula is C14H23N3O. The highest BCUT2D eigenvalue weighted by Crippen LogP contribution is 2.35. The first-order valence-electron chi connectivity index (χ1n) is 6.97. The van der Waals surface area contributed by atoms with E-state index in [-0.39, 0.29) is 0 Å². The Hall–Kier alpha value is -1.16. The van der Waals surface area contributed by atoms with Gasteiger partial charge in [-0.15, -0.1) is 6.58 Å². The average Bonchev–Trinajstić information content (AvgIpc) is 2.88. The molecule has 0 aromatic carbocycles. The quantitative estimate of drug-likeness (QED) is 0.622. The normalized spacial score (nSPS) is 24.1. The van der Waals surface area contributed by atoms with Gasteiger partial charge in [0.25, 0.3) is 0 Å². The van der Waals surface area contributed by atoms with E-state index in [1.807, 2.05) is 6.08 Å². The Morgan fingerprint density at radius 3 is 2.83 bits per heavy atom. The van der Waals surface area contributed by atoms with E-state index in [9.17, 15) is 0 Å². The molecule has 1 aliphatic rings. The van der Waals surface area contributed by atoms with E-state index in [1.54, 1.807) is 0 Å². The minimum atomic E-state index is 0.504. The molecular weight excluding hydrogens is 226 g/mol. The lowest BCUT2D eigenvalue weighted by Gasteiger charge is -2.25. The molecule has 1 aliphatic carbocycles. The van der Waals surface area contributed by atoms with E-state index < -0.39 is 0 Å². The molecule has 1 saturated carbocycles. The van der Waals surface area contributed by atoms with Gasteiger partial charge in [0.05, 0.1) is 6.54 Å². The molecule has 1 heterocycles. The second kappa shape index (κ2) is 6.69. The fourth-order valence-corrected chi connectivity index (χ4v) is 2.62. The zero-order chi connectivity index (χ0) is 12.8. The molecule has 2 rings (SSSR count). The first-order chi connectivity index (χ1) is 8.83. The van der Waals surface area contributed by atoms with Gasteiger partial charge in [-0.25, -0.2) is 0 Å². The molecule has 4 heteroatoms. The summed E-state index contributed by atoms with van der Waals surface area (Å²) in [5.41, 5.74) is 0. The van der Waals surface area contributed by atoms with Crippen LogP contribution in [-0.2, 0) is 6.54 Å². The number of aromatic nitrogens is 2. The average molecular weight is 249 g/mol. The van der Waals surface area contributed by atoms with E-state index in [1.165, 1.54) is 32.1 Å². The first kappa shape index (κ1) is 13.3. The molecule has 1 aromatic heterocycles. The molecule has 0 aliphatic heterocycles. The van der Waals surface area contributed by atoms with E-state index in [0.29, 0.717) is 18.4 Å². The van der Waals surface area contributed by atoms with Gasteiger partial charge in [0.1, 0.15) is 0 Å². The summed E-state index contributed by atoms with van der Waals surface area (Å²) >= 11 is 0. The van der Waals surface area contributed by atoms with Gasteiger partial charge in [-0.05, 0) is 31.6 Å². The van der Waals surface area contributed by atoms with Crippen molar-refractivity contribution < 1.29 is 4.52 Å². The van der Waals surface area contributed by atoms with Gasteiger partial charge in [-0.2, -0.15) is 4.98 Å². The number of hydrogen-bond acceptors (Lipinski definition) is 4. The van der Waals surface area contributed by atoms with Crippen molar-refractivity contribution >= 4 is 0 Å². The molecule has 1 aromatic rings. The maximum absolute atomic E-state index is 5.26. The lowest BCUT2D eigenvalue weighted by molar-refractivity contribution is 0.302. The zero-order valence-corrected chi connectivity index (χ0v) is 11.2. The number of nitrogens with zero attached hydrogens (tertiary/aromatic N) is 2. The molecule has 0 saturated heterocycles. The predicted molar refractivity (Wildman–Crippen MR) is 71.2 cm³/mol. The van der Waals surface area contributed by atoms with Crippen LogP contribution in [0.25, 0.3) is 0 Å². The SMILES string of the molecule is C=CCNCc1nc(C2CCC(CC)CC2)no1. The highest BCUT2D eigenvalue weighted by molar-refractivity contribution is 4.97. The summed E-state index contributed by atoms with van der Waals surface area (Å²) in [6.45, 7) is 7.33. The van der Waals surface area contributed by atoms with Crippen LogP contribution in [0.3, 0.4) is 0 Å². The van der Waals surface area contributed by atoms with Crippen LogP contribution in [0.1, 0.15) is 56.7 Å². The summed E-state index contributed by atoms with van der Waals surface area (Å²) < 4.78 is 5.26. The third-order valence-electron chi connectivity index (χ3n) is 3.84. The summed E-state index contributed by atoms with van der Waals surface area (Å²) in [7, 11) is 0. The van der Waals surface area contributed by atoms with Crippen molar-refractivity contribution in [3.8, 4) is 0 Å². The van der Waals surface area contributed by atoms with Gasteiger partial charge in [0.2, 0.25) is 5.89 Å². The largest absolute Gasteiger partial charge is 0.338 e. The summed E-state index contributed by atoms with van der Waals surface area (Å²) in [6, 6.07) is 0. The van der Waals surface area contributed by atoms with E-state index in [2.05, 4.69) is 29.0 Å². The van der Waals surface area contributed by atoms with Gasteiger partial charge < -0.3 is 9.84 Å². The van der Waals surface area contributed by atoms with Gasteiger partial charge in [0, 0.05) is 12.5 Å². The van der Waals surface area contributed by atoms with Crippen molar-refractivity contribution in [3.63, 3.8) is 0 Å². The number of rotatable bonds is 6. The second-order valence-electron chi connectivity index (χ2n) is 5.09. The first-order valence-corrected chi connectivity index (χ1v) is 6.97. The van der Waals surface area contributed by atoms with Crippen LogP contribution in [0.15, 0.2) is 17.2 Å². The Kier molecular flexibility index (Phi) is 4.93. The van der Waals surface area contributed by atoms with E-state index in [4.69, 9.17) is 4.52 Å². The Labute approximate surface area is 109 Å². The molecule has 18 heavy (non-hydrogen) atoms. The summed E-state index contributed by atoms with van der Waals surface area (Å²) in [5.74, 6) is 3.00. The molecule has 4 nitrogen and oxygen atoms in total. The minimum absolute atomic E-state index is 0.504.